The fraction of sp³-hybridized carbons (Fsp3) is 0.200. The molecule has 0 atom stereocenters. The van der Waals surface area contributed by atoms with Gasteiger partial charge in [0.25, 0.3) is 15.9 Å². The van der Waals surface area contributed by atoms with Gasteiger partial charge in [0.2, 0.25) is 0 Å². The molecule has 138 valence electrons. The third kappa shape index (κ3) is 3.50. The Bertz CT molecular complexity index is 1100. The van der Waals surface area contributed by atoms with Gasteiger partial charge in [-0.15, -0.1) is 0 Å². The summed E-state index contributed by atoms with van der Waals surface area (Å²) in [7, 11) is -3.85. The number of fused-ring (bicyclic) bond motifs is 1. The lowest BCUT2D eigenvalue weighted by Crippen LogP contribution is -2.27. The summed E-state index contributed by atoms with van der Waals surface area (Å²) < 4.78 is 28.4. The Hall–Kier alpha value is -2.93. The highest BCUT2D eigenvalue weighted by Crippen LogP contribution is 2.24. The molecule has 1 N–H and O–H groups in total. The zero-order valence-corrected chi connectivity index (χ0v) is 15.4. The molecule has 3 aromatic rings. The van der Waals surface area contributed by atoms with Gasteiger partial charge in [0, 0.05) is 30.2 Å². The molecule has 0 spiro atoms. The van der Waals surface area contributed by atoms with Gasteiger partial charge in [0.05, 0.1) is 16.1 Å². The summed E-state index contributed by atoms with van der Waals surface area (Å²) in [6.45, 7) is 1.44. The number of carbonyl (C=O) groups is 1. The number of hydrogen-bond acceptors (Lipinski definition) is 4. The number of hydrogen-bond donors (Lipinski definition) is 1. The van der Waals surface area contributed by atoms with Gasteiger partial charge >= 0.3 is 0 Å². The van der Waals surface area contributed by atoms with Crippen LogP contribution in [0.25, 0.3) is 10.9 Å². The minimum Gasteiger partial charge on any atom is -0.339 e. The van der Waals surface area contributed by atoms with Crippen LogP contribution < -0.4 is 4.72 Å². The van der Waals surface area contributed by atoms with Crippen LogP contribution in [-0.2, 0) is 10.0 Å². The minimum absolute atomic E-state index is 0.0560. The van der Waals surface area contributed by atoms with Crippen LogP contribution in [0, 0.1) is 0 Å². The highest BCUT2D eigenvalue weighted by molar-refractivity contribution is 7.92. The lowest BCUT2D eigenvalue weighted by Gasteiger charge is -2.16. The molecule has 1 amide bonds. The van der Waals surface area contributed by atoms with E-state index in [0.717, 1.165) is 31.3 Å². The third-order valence-corrected chi connectivity index (χ3v) is 6.02. The van der Waals surface area contributed by atoms with Gasteiger partial charge in [0.15, 0.2) is 0 Å². The number of pyridine rings is 1. The maximum absolute atomic E-state index is 12.9. The lowest BCUT2D eigenvalue weighted by molar-refractivity contribution is 0.0792. The van der Waals surface area contributed by atoms with Crippen LogP contribution in [-0.4, -0.2) is 37.3 Å². The number of anilines is 1. The van der Waals surface area contributed by atoms with E-state index in [4.69, 9.17) is 0 Å². The fourth-order valence-corrected chi connectivity index (χ4v) is 4.40. The molecule has 0 saturated carbocycles. The number of nitrogens with one attached hydrogen (secondary N) is 1. The van der Waals surface area contributed by atoms with Gasteiger partial charge in [-0.2, -0.15) is 0 Å². The summed E-state index contributed by atoms with van der Waals surface area (Å²) in [4.78, 5) is 18.6. The molecule has 4 rings (SSSR count). The van der Waals surface area contributed by atoms with E-state index in [-0.39, 0.29) is 10.8 Å². The highest BCUT2D eigenvalue weighted by Gasteiger charge is 2.22. The smallest absolute Gasteiger partial charge is 0.261 e. The predicted octanol–water partition coefficient (Wildman–Crippen LogP) is 3.27. The molecule has 0 aliphatic carbocycles. The molecular formula is C20H19N3O3S. The molecule has 0 bridgehead atoms. The van der Waals surface area contributed by atoms with Crippen molar-refractivity contribution in [3.8, 4) is 0 Å². The predicted molar refractivity (Wildman–Crippen MR) is 104 cm³/mol. The molecule has 7 heteroatoms. The van der Waals surface area contributed by atoms with Crippen LogP contribution in [0.5, 0.6) is 0 Å². The average Bonchev–Trinajstić information content (AvgIpc) is 3.22. The van der Waals surface area contributed by atoms with Crippen LogP contribution in [0.3, 0.4) is 0 Å². The van der Waals surface area contributed by atoms with Crippen molar-refractivity contribution < 1.29 is 13.2 Å². The molecule has 27 heavy (non-hydrogen) atoms. The summed E-state index contributed by atoms with van der Waals surface area (Å²) in [6, 6.07) is 15.2. The number of aromatic nitrogens is 1. The van der Waals surface area contributed by atoms with Crippen molar-refractivity contribution in [1.82, 2.24) is 9.88 Å². The second-order valence-electron chi connectivity index (χ2n) is 6.51. The number of sulfonamides is 1. The van der Waals surface area contributed by atoms with Crippen molar-refractivity contribution in [2.45, 2.75) is 17.7 Å². The van der Waals surface area contributed by atoms with Crippen LogP contribution in [0.15, 0.2) is 65.7 Å². The maximum Gasteiger partial charge on any atom is 0.261 e. The monoisotopic (exact) mass is 381 g/mol. The Morgan fingerprint density at radius 2 is 1.74 bits per heavy atom. The number of likely N-dealkylation sites (tertiary alicyclic amines) is 1. The van der Waals surface area contributed by atoms with Gasteiger partial charge in [0.1, 0.15) is 0 Å². The van der Waals surface area contributed by atoms with E-state index in [2.05, 4.69) is 9.71 Å². The van der Waals surface area contributed by atoms with E-state index >= 15 is 0 Å². The molecule has 0 unspecified atom stereocenters. The standard InChI is InChI=1S/C20H19N3O3S/c24-20(23-12-1-2-13-23)16-7-3-9-17(14-16)27(25,26)22-18-10-4-6-15-8-5-11-21-19(15)18/h3-11,14,22H,1-2,12-13H2. The average molecular weight is 381 g/mol. The fourth-order valence-electron chi connectivity index (χ4n) is 3.29. The van der Waals surface area contributed by atoms with Crippen molar-refractivity contribution in [3.63, 3.8) is 0 Å². The lowest BCUT2D eigenvalue weighted by atomic mass is 10.2. The topological polar surface area (TPSA) is 79.4 Å². The van der Waals surface area contributed by atoms with Gasteiger partial charge in [-0.05, 0) is 43.2 Å². The van der Waals surface area contributed by atoms with E-state index in [1.807, 2.05) is 12.1 Å². The van der Waals surface area contributed by atoms with Crippen molar-refractivity contribution in [2.75, 3.05) is 17.8 Å². The Kier molecular flexibility index (Phi) is 4.53. The second kappa shape index (κ2) is 7.00. The van der Waals surface area contributed by atoms with Crippen molar-refractivity contribution in [3.05, 3.63) is 66.4 Å². The number of para-hydroxylation sites is 1. The van der Waals surface area contributed by atoms with Crippen molar-refractivity contribution >= 4 is 32.5 Å². The first kappa shape index (κ1) is 17.5. The molecule has 2 aromatic carbocycles. The molecule has 0 radical (unpaired) electrons. The molecule has 1 fully saturated rings. The Labute approximate surface area is 157 Å². The van der Waals surface area contributed by atoms with Gasteiger partial charge in [-0.1, -0.05) is 24.3 Å². The van der Waals surface area contributed by atoms with E-state index in [1.165, 1.54) is 12.1 Å². The summed E-state index contributed by atoms with van der Waals surface area (Å²) in [5.74, 6) is -0.128. The Morgan fingerprint density at radius 1 is 1.00 bits per heavy atom. The van der Waals surface area contributed by atoms with E-state index in [1.54, 1.807) is 41.4 Å². The summed E-state index contributed by atoms with van der Waals surface area (Å²) in [6.07, 6.45) is 3.59. The van der Waals surface area contributed by atoms with Crippen LogP contribution in [0.4, 0.5) is 5.69 Å². The van der Waals surface area contributed by atoms with Crippen LogP contribution in [0.1, 0.15) is 23.2 Å². The number of carbonyl (C=O) groups excluding carboxylic acids is 1. The molecule has 6 nitrogen and oxygen atoms in total. The molecule has 2 heterocycles. The van der Waals surface area contributed by atoms with E-state index in [9.17, 15) is 13.2 Å². The van der Waals surface area contributed by atoms with E-state index < -0.39 is 10.0 Å². The zero-order valence-electron chi connectivity index (χ0n) is 14.6. The number of amides is 1. The molecule has 1 aliphatic rings. The number of benzene rings is 2. The first-order chi connectivity index (χ1) is 13.0. The molecule has 1 aromatic heterocycles. The van der Waals surface area contributed by atoms with Crippen molar-refractivity contribution in [1.29, 1.82) is 0 Å². The minimum atomic E-state index is -3.85. The SMILES string of the molecule is O=C(c1cccc(S(=O)(=O)Nc2cccc3cccnc23)c1)N1CCCC1. The van der Waals surface area contributed by atoms with Crippen molar-refractivity contribution in [2.24, 2.45) is 0 Å². The van der Waals surface area contributed by atoms with Gasteiger partial charge in [-0.25, -0.2) is 8.42 Å². The first-order valence-corrected chi connectivity index (χ1v) is 10.3. The second-order valence-corrected chi connectivity index (χ2v) is 8.20. The Morgan fingerprint density at radius 3 is 2.56 bits per heavy atom. The Balaban J connectivity index is 1.66. The quantitative estimate of drug-likeness (QED) is 0.752. The number of rotatable bonds is 4. The molecule has 1 saturated heterocycles. The number of nitrogens with zero attached hydrogens (tertiary/aromatic N) is 2. The van der Waals surface area contributed by atoms with Crippen LogP contribution in [0.2, 0.25) is 0 Å². The normalized spacial score (nSPS) is 14.4. The summed E-state index contributed by atoms with van der Waals surface area (Å²) >= 11 is 0. The maximum atomic E-state index is 12.9. The summed E-state index contributed by atoms with van der Waals surface area (Å²) in [5.41, 5.74) is 1.37. The largest absolute Gasteiger partial charge is 0.339 e. The highest BCUT2D eigenvalue weighted by atomic mass is 32.2. The van der Waals surface area contributed by atoms with Gasteiger partial charge < -0.3 is 4.90 Å². The third-order valence-electron chi connectivity index (χ3n) is 4.66. The first-order valence-electron chi connectivity index (χ1n) is 8.80. The van der Waals surface area contributed by atoms with Gasteiger partial charge in [-0.3, -0.25) is 14.5 Å². The molecule has 1 aliphatic heterocycles. The van der Waals surface area contributed by atoms with Crippen LogP contribution >= 0.6 is 0 Å². The summed E-state index contributed by atoms with van der Waals surface area (Å²) in [5, 5.41) is 0.843. The molecular weight excluding hydrogens is 362 g/mol. The zero-order chi connectivity index (χ0) is 18.9. The van der Waals surface area contributed by atoms with E-state index in [0.29, 0.717) is 16.8 Å².